The number of hydrogen-bond acceptors (Lipinski definition) is 16. The minimum atomic E-state index is -4.45. The Morgan fingerprint density at radius 2 is 1.56 bits per heavy atom. The van der Waals surface area contributed by atoms with Crippen LogP contribution in [0.1, 0.15) is 26.2 Å². The Morgan fingerprint density at radius 1 is 0.907 bits per heavy atom. The number of carbonyl (C=O) groups is 5. The van der Waals surface area contributed by atoms with Crippen LogP contribution in [0.4, 0.5) is 10.5 Å². The van der Waals surface area contributed by atoms with Gasteiger partial charge in [-0.25, -0.2) is 8.42 Å². The summed E-state index contributed by atoms with van der Waals surface area (Å²) < 4.78 is 45.6. The predicted molar refractivity (Wildman–Crippen MR) is 192 cm³/mol. The summed E-state index contributed by atoms with van der Waals surface area (Å²) in [5.41, 5.74) is -0.971. The van der Waals surface area contributed by atoms with E-state index in [0.717, 1.165) is 15.9 Å². The standard InChI is InChI=1S/C31H30N4O15S4/c1-3-15(10-19-32(8-4-5-9-54(46,47)48)17-11-16(49-2)6-7-18(17)50-19)23-26(42)33(12-20(36)37)29(51-23)24-27(43)34(13-21(38)39)30(52-24)25-28(44)35(14-22(40)41)31(45)53-25/h6-7,10-11H,3-5,8-9,12-14H2,1-2H3,(H,36,37)(H,38,39)(H,40,41)(H,46,47,48)/p-1/b19-10?,23-15?,29-24+,30-25+. The van der Waals surface area contributed by atoms with Crippen molar-refractivity contribution < 1.29 is 61.7 Å². The van der Waals surface area contributed by atoms with Gasteiger partial charge < -0.3 is 34.2 Å². The smallest absolute Gasteiger partial charge is 0.323 e. The number of carboxylic acid groups (broad SMARTS) is 3. The molecule has 54 heavy (non-hydrogen) atoms. The SMILES string of the molecule is CCC(C=C1Oc2ccc(OC)cc2N1CCCCS(=O)(=O)[O-])=c1s/c(=c2/s/c(=C3/SC(=O)N(CC(=O)O)C3=O)n(CC(=O)O)c2=O)n(CC(=O)O)c1=O. The number of allylic oxidation sites excluding steroid dienone is 1. The van der Waals surface area contributed by atoms with Crippen molar-refractivity contribution in [3.8, 4) is 11.5 Å². The molecular weight excluding hydrogens is 797 g/mol. The predicted octanol–water partition coefficient (Wildman–Crippen LogP) is 0.112. The van der Waals surface area contributed by atoms with Crippen molar-refractivity contribution in [2.45, 2.75) is 39.3 Å². The average molecular weight is 826 g/mol. The molecule has 1 saturated heterocycles. The molecule has 3 N–H and O–H groups in total. The van der Waals surface area contributed by atoms with Gasteiger partial charge in [-0.2, -0.15) is 0 Å². The molecule has 0 bridgehead atoms. The molecule has 2 amide bonds. The van der Waals surface area contributed by atoms with Crippen LogP contribution in [0.2, 0.25) is 0 Å². The highest BCUT2D eigenvalue weighted by Gasteiger charge is 2.38. The van der Waals surface area contributed by atoms with E-state index >= 15 is 0 Å². The number of hydrogen-bond donors (Lipinski definition) is 3. The van der Waals surface area contributed by atoms with Gasteiger partial charge in [-0.3, -0.25) is 47.6 Å². The van der Waals surface area contributed by atoms with Gasteiger partial charge in [0, 0.05) is 24.4 Å². The number of unbranched alkanes of at least 4 members (excludes halogenated alkanes) is 1. The summed E-state index contributed by atoms with van der Waals surface area (Å²) in [4.78, 5) is 90.2. The molecular formula is C31H29N4O15S4-. The molecule has 2 aliphatic heterocycles. The van der Waals surface area contributed by atoms with Gasteiger partial charge in [-0.1, -0.05) is 6.92 Å². The first-order valence-corrected chi connectivity index (χ1v) is 19.7. The molecule has 288 valence electrons. The monoisotopic (exact) mass is 825 g/mol. The number of aliphatic carboxylic acids is 3. The third-order valence-electron chi connectivity index (χ3n) is 7.82. The van der Waals surface area contributed by atoms with Crippen LogP contribution in [0, 0.1) is 9.20 Å². The topological polar surface area (TPSA) is 272 Å². The third-order valence-corrected chi connectivity index (χ3v) is 12.3. The van der Waals surface area contributed by atoms with Crippen LogP contribution >= 0.6 is 34.4 Å². The van der Waals surface area contributed by atoms with Crippen LogP contribution in [0.25, 0.3) is 10.5 Å². The lowest BCUT2D eigenvalue weighted by Gasteiger charge is -2.19. The Balaban J connectivity index is 1.77. The number of nitrogens with zero attached hydrogens (tertiary/aromatic N) is 4. The van der Waals surface area contributed by atoms with Gasteiger partial charge in [0.25, 0.3) is 22.3 Å². The molecule has 5 rings (SSSR count). The normalized spacial score (nSPS) is 17.2. The second-order valence-corrected chi connectivity index (χ2v) is 15.9. The molecule has 0 spiro atoms. The number of thioether (sulfide) groups is 1. The fourth-order valence-corrected chi connectivity index (χ4v) is 9.50. The largest absolute Gasteiger partial charge is 0.748 e. The molecule has 1 fully saturated rings. The van der Waals surface area contributed by atoms with Crippen LogP contribution in [-0.4, -0.2) is 97.3 Å². The molecule has 0 radical (unpaired) electrons. The van der Waals surface area contributed by atoms with Crippen LogP contribution < -0.4 is 34.7 Å². The lowest BCUT2D eigenvalue weighted by Crippen LogP contribution is -2.35. The molecule has 2 aromatic heterocycles. The van der Waals surface area contributed by atoms with Crippen molar-refractivity contribution in [2.24, 2.45) is 0 Å². The quantitative estimate of drug-likeness (QED) is 0.144. The summed E-state index contributed by atoms with van der Waals surface area (Å²) in [6.45, 7) is -1.02. The first-order valence-electron chi connectivity index (χ1n) is 15.6. The molecule has 1 aromatic carbocycles. The number of ether oxygens (including phenoxy) is 2. The molecule has 3 aromatic rings. The van der Waals surface area contributed by atoms with Gasteiger partial charge in [-0.05, 0) is 48.7 Å². The lowest BCUT2D eigenvalue weighted by molar-refractivity contribution is -0.140. The van der Waals surface area contributed by atoms with E-state index < -0.39 is 80.6 Å². The Labute approximate surface area is 315 Å². The van der Waals surface area contributed by atoms with E-state index in [4.69, 9.17) is 14.6 Å². The van der Waals surface area contributed by atoms with Crippen LogP contribution in [0.5, 0.6) is 11.5 Å². The van der Waals surface area contributed by atoms with Gasteiger partial charge >= 0.3 is 17.9 Å². The van der Waals surface area contributed by atoms with Crippen molar-refractivity contribution in [2.75, 3.05) is 30.9 Å². The number of carbonyl (C=O) groups excluding carboxylic acids is 2. The zero-order chi connectivity index (χ0) is 39.6. The molecule has 2 aliphatic rings. The number of fused-ring (bicyclic) bond motifs is 1. The first kappa shape index (κ1) is 40.0. The van der Waals surface area contributed by atoms with Gasteiger partial charge in [0.15, 0.2) is 5.75 Å². The number of anilines is 1. The van der Waals surface area contributed by atoms with Gasteiger partial charge in [0.2, 0.25) is 5.88 Å². The van der Waals surface area contributed by atoms with Crippen LogP contribution in [0.3, 0.4) is 0 Å². The summed E-state index contributed by atoms with van der Waals surface area (Å²) >= 11 is 1.55. The van der Waals surface area contributed by atoms with Gasteiger partial charge in [0.05, 0.1) is 27.4 Å². The number of thiazole rings is 2. The third kappa shape index (κ3) is 8.44. The summed E-state index contributed by atoms with van der Waals surface area (Å²) in [5, 5.41) is 27.5. The maximum Gasteiger partial charge on any atom is 0.323 e. The number of methoxy groups -OCH3 is 1. The maximum absolute atomic E-state index is 14.0. The van der Waals surface area contributed by atoms with Crippen LogP contribution in [0.15, 0.2) is 39.7 Å². The van der Waals surface area contributed by atoms with E-state index in [-0.39, 0.29) is 50.1 Å². The highest BCUT2D eigenvalue weighted by Crippen LogP contribution is 2.42. The van der Waals surface area contributed by atoms with E-state index in [1.807, 2.05) is 0 Å². The summed E-state index contributed by atoms with van der Waals surface area (Å²) in [6, 6.07) is 4.95. The molecule has 19 nitrogen and oxygen atoms in total. The van der Waals surface area contributed by atoms with E-state index in [2.05, 4.69) is 0 Å². The summed E-state index contributed by atoms with van der Waals surface area (Å²) in [7, 11) is -3.00. The Morgan fingerprint density at radius 3 is 2.15 bits per heavy atom. The van der Waals surface area contributed by atoms with Crippen molar-refractivity contribution in [1.82, 2.24) is 14.0 Å². The van der Waals surface area contributed by atoms with Crippen molar-refractivity contribution in [1.29, 1.82) is 0 Å². The van der Waals surface area contributed by atoms with E-state index in [9.17, 15) is 56.7 Å². The second-order valence-electron chi connectivity index (χ2n) is 11.4. The number of carboxylic acids is 3. The first-order chi connectivity index (χ1) is 25.4. The second kappa shape index (κ2) is 16.0. The van der Waals surface area contributed by atoms with Crippen molar-refractivity contribution >= 4 is 89.8 Å². The van der Waals surface area contributed by atoms with Gasteiger partial charge in [0.1, 0.15) is 44.1 Å². The molecule has 0 unspecified atom stereocenters. The fraction of sp³-hybridized carbons (Fsp3) is 0.323. The number of rotatable bonds is 14. The van der Waals surface area contributed by atoms with Crippen LogP contribution in [-0.2, 0) is 42.4 Å². The highest BCUT2D eigenvalue weighted by molar-refractivity contribution is 8.23. The van der Waals surface area contributed by atoms with E-state index in [1.165, 1.54) is 13.2 Å². The molecule has 0 atom stereocenters. The van der Waals surface area contributed by atoms with Crippen molar-refractivity contribution in [3.63, 3.8) is 0 Å². The van der Waals surface area contributed by atoms with E-state index in [1.54, 1.807) is 30.0 Å². The van der Waals surface area contributed by atoms with E-state index in [0.29, 0.717) is 55.3 Å². The highest BCUT2D eigenvalue weighted by atomic mass is 32.2. The summed E-state index contributed by atoms with van der Waals surface area (Å²) in [5.74, 6) is -5.07. The number of benzene rings is 1. The Bertz CT molecular complexity index is 2580. The summed E-state index contributed by atoms with van der Waals surface area (Å²) in [6.07, 6.45) is 1.98. The zero-order valence-electron chi connectivity index (χ0n) is 28.1. The zero-order valence-corrected chi connectivity index (χ0v) is 31.4. The number of aromatic nitrogens is 2. The average Bonchev–Trinajstić information content (AvgIpc) is 3.78. The minimum Gasteiger partial charge on any atom is -0.748 e. The molecule has 0 aliphatic carbocycles. The molecule has 0 saturated carbocycles. The minimum absolute atomic E-state index is 0.0169. The Kier molecular flexibility index (Phi) is 11.9. The Hall–Kier alpha value is -5.23. The van der Waals surface area contributed by atoms with Gasteiger partial charge in [-0.15, -0.1) is 22.7 Å². The molecule has 23 heteroatoms. The fourth-order valence-electron chi connectivity index (χ4n) is 5.42. The molecule has 4 heterocycles. The lowest BCUT2D eigenvalue weighted by atomic mass is 10.2. The number of amides is 2. The van der Waals surface area contributed by atoms with Crippen molar-refractivity contribution in [3.05, 3.63) is 69.3 Å². The maximum atomic E-state index is 14.0. The number of imide groups is 1.